The van der Waals surface area contributed by atoms with Gasteiger partial charge in [0.25, 0.3) is 0 Å². The van der Waals surface area contributed by atoms with Gasteiger partial charge in [0.15, 0.2) is 0 Å². The molecule has 0 spiro atoms. The van der Waals surface area contributed by atoms with Crippen molar-refractivity contribution in [1.82, 2.24) is 0 Å². The summed E-state index contributed by atoms with van der Waals surface area (Å²) in [6.07, 6.45) is 4.70. The van der Waals surface area contributed by atoms with E-state index < -0.39 is 11.0 Å². The molecule has 2 nitrogen and oxygen atoms in total. The smallest absolute Gasteiger partial charge is 0.126 e. The first-order valence-electron chi connectivity index (χ1n) is 7.81. The first-order chi connectivity index (χ1) is 9.94. The molecular weight excluding hydrogens is 265 g/mol. The molecule has 1 aromatic rings. The van der Waals surface area contributed by atoms with Gasteiger partial charge in [0.2, 0.25) is 0 Å². The first kappa shape index (κ1) is 16.0. The van der Waals surface area contributed by atoms with E-state index in [1.807, 2.05) is 0 Å². The van der Waals surface area contributed by atoms with E-state index in [1.165, 1.54) is 6.07 Å². The minimum absolute atomic E-state index is 0.184. The summed E-state index contributed by atoms with van der Waals surface area (Å²) in [4.78, 5) is 0. The molecule has 2 rings (SSSR count). The van der Waals surface area contributed by atoms with Gasteiger partial charge in [-0.2, -0.15) is 5.26 Å². The topological polar surface area (TPSA) is 44.0 Å². The van der Waals surface area contributed by atoms with Gasteiger partial charge in [-0.1, -0.05) is 44.4 Å². The molecule has 0 bridgehead atoms. The molecule has 21 heavy (non-hydrogen) atoms. The Morgan fingerprint density at radius 3 is 2.81 bits per heavy atom. The zero-order chi connectivity index (χ0) is 15.5. The van der Waals surface area contributed by atoms with Crippen molar-refractivity contribution in [2.24, 2.45) is 11.3 Å². The van der Waals surface area contributed by atoms with E-state index >= 15 is 0 Å². The van der Waals surface area contributed by atoms with Crippen molar-refractivity contribution in [2.75, 3.05) is 0 Å². The highest BCUT2D eigenvalue weighted by Gasteiger charge is 2.50. The zero-order valence-electron chi connectivity index (χ0n) is 12.9. The van der Waals surface area contributed by atoms with Crippen molar-refractivity contribution in [3.8, 4) is 6.07 Å². The van der Waals surface area contributed by atoms with Crippen LogP contribution in [-0.4, -0.2) is 10.7 Å². The van der Waals surface area contributed by atoms with E-state index in [0.29, 0.717) is 24.3 Å². The summed E-state index contributed by atoms with van der Waals surface area (Å²) in [5.41, 5.74) is -1.50. The van der Waals surface area contributed by atoms with Crippen molar-refractivity contribution < 1.29 is 9.50 Å². The predicted molar refractivity (Wildman–Crippen MR) is 81.0 cm³/mol. The number of hydrogen-bond donors (Lipinski definition) is 1. The SMILES string of the molecule is CCC1CCCC(C#N)(C(C)(O)Cc2ccccc2F)C1. The lowest BCUT2D eigenvalue weighted by atomic mass is 9.60. The second kappa shape index (κ2) is 6.15. The standard InChI is InChI=1S/C18H24FNO/c1-3-14-7-6-10-18(11-14,13-20)17(2,21)12-15-8-4-5-9-16(15)19/h4-5,8-9,14,21H,3,6-7,10-12H2,1-2H3. The molecule has 0 saturated heterocycles. The molecule has 0 radical (unpaired) electrons. The summed E-state index contributed by atoms with van der Waals surface area (Å²) in [6, 6.07) is 8.89. The highest BCUT2D eigenvalue weighted by molar-refractivity contribution is 5.23. The van der Waals surface area contributed by atoms with Crippen LogP contribution in [0, 0.1) is 28.5 Å². The second-order valence-corrected chi connectivity index (χ2v) is 6.61. The van der Waals surface area contributed by atoms with Gasteiger partial charge in [0.05, 0.1) is 17.1 Å². The van der Waals surface area contributed by atoms with Crippen molar-refractivity contribution >= 4 is 0 Å². The third-order valence-corrected chi connectivity index (χ3v) is 5.17. The molecule has 3 heteroatoms. The molecule has 1 aromatic carbocycles. The van der Waals surface area contributed by atoms with Gasteiger partial charge in [-0.15, -0.1) is 0 Å². The number of nitrogens with zero attached hydrogens (tertiary/aromatic N) is 1. The third kappa shape index (κ3) is 3.11. The van der Waals surface area contributed by atoms with Gasteiger partial charge >= 0.3 is 0 Å². The Labute approximate surface area is 126 Å². The lowest BCUT2D eigenvalue weighted by molar-refractivity contribution is -0.0678. The van der Waals surface area contributed by atoms with Crippen LogP contribution in [0.1, 0.15) is 51.5 Å². The molecule has 1 aliphatic rings. The molecule has 1 aliphatic carbocycles. The quantitative estimate of drug-likeness (QED) is 0.901. The molecule has 3 atom stereocenters. The van der Waals surface area contributed by atoms with Crippen LogP contribution < -0.4 is 0 Å². The Hall–Kier alpha value is -1.40. The van der Waals surface area contributed by atoms with Crippen molar-refractivity contribution in [3.63, 3.8) is 0 Å². The molecule has 114 valence electrons. The Balaban J connectivity index is 2.27. The summed E-state index contributed by atoms with van der Waals surface area (Å²) < 4.78 is 13.9. The molecule has 1 saturated carbocycles. The molecule has 0 aromatic heterocycles. The minimum Gasteiger partial charge on any atom is -0.388 e. The molecule has 0 amide bonds. The lowest BCUT2D eigenvalue weighted by Crippen LogP contribution is -2.49. The Morgan fingerprint density at radius 1 is 1.48 bits per heavy atom. The Kier molecular flexibility index (Phi) is 4.68. The van der Waals surface area contributed by atoms with E-state index in [4.69, 9.17) is 0 Å². The van der Waals surface area contributed by atoms with Gasteiger partial charge in [0, 0.05) is 6.42 Å². The fraction of sp³-hybridized carbons (Fsp3) is 0.611. The maximum atomic E-state index is 13.9. The normalized spacial score (nSPS) is 28.6. The average Bonchev–Trinajstić information content (AvgIpc) is 2.49. The second-order valence-electron chi connectivity index (χ2n) is 6.61. The van der Waals surface area contributed by atoms with Crippen LogP contribution in [-0.2, 0) is 6.42 Å². The van der Waals surface area contributed by atoms with Crippen LogP contribution in [0.4, 0.5) is 4.39 Å². The summed E-state index contributed by atoms with van der Waals surface area (Å²) in [7, 11) is 0. The van der Waals surface area contributed by atoms with Crippen molar-refractivity contribution in [1.29, 1.82) is 5.26 Å². The molecule has 1 N–H and O–H groups in total. The highest BCUT2D eigenvalue weighted by atomic mass is 19.1. The average molecular weight is 289 g/mol. The van der Waals surface area contributed by atoms with Crippen LogP contribution in [0.2, 0.25) is 0 Å². The number of benzene rings is 1. The number of aliphatic hydroxyl groups is 1. The third-order valence-electron chi connectivity index (χ3n) is 5.17. The first-order valence-corrected chi connectivity index (χ1v) is 7.81. The van der Waals surface area contributed by atoms with Gasteiger partial charge in [-0.25, -0.2) is 4.39 Å². The maximum absolute atomic E-state index is 13.9. The summed E-state index contributed by atoms with van der Waals surface area (Å²) in [5.74, 6) is 0.166. The van der Waals surface area contributed by atoms with Crippen LogP contribution in [0.25, 0.3) is 0 Å². The van der Waals surface area contributed by atoms with Crippen molar-refractivity contribution in [2.45, 2.75) is 58.0 Å². The highest BCUT2D eigenvalue weighted by Crippen LogP contribution is 2.48. The minimum atomic E-state index is -1.21. The van der Waals surface area contributed by atoms with Gasteiger partial charge in [-0.3, -0.25) is 0 Å². The van der Waals surface area contributed by atoms with E-state index in [-0.39, 0.29) is 12.2 Å². The number of nitriles is 1. The number of rotatable bonds is 4. The van der Waals surface area contributed by atoms with Crippen LogP contribution in [0.5, 0.6) is 0 Å². The number of hydrogen-bond acceptors (Lipinski definition) is 2. The van der Waals surface area contributed by atoms with E-state index in [9.17, 15) is 14.8 Å². The summed E-state index contributed by atoms with van der Waals surface area (Å²) >= 11 is 0. The van der Waals surface area contributed by atoms with Gasteiger partial charge in [0.1, 0.15) is 5.82 Å². The van der Waals surface area contributed by atoms with Crippen molar-refractivity contribution in [3.05, 3.63) is 35.6 Å². The fourth-order valence-electron chi connectivity index (χ4n) is 3.63. The van der Waals surface area contributed by atoms with Gasteiger partial charge in [-0.05, 0) is 37.3 Å². The Bertz CT molecular complexity index is 534. The predicted octanol–water partition coefficient (Wildman–Crippen LogP) is 4.23. The molecule has 0 heterocycles. The zero-order valence-corrected chi connectivity index (χ0v) is 12.9. The van der Waals surface area contributed by atoms with Crippen LogP contribution >= 0.6 is 0 Å². The van der Waals surface area contributed by atoms with E-state index in [1.54, 1.807) is 25.1 Å². The molecule has 3 unspecified atom stereocenters. The van der Waals surface area contributed by atoms with E-state index in [2.05, 4.69) is 13.0 Å². The molecular formula is C18H24FNO. The van der Waals surface area contributed by atoms with Crippen LogP contribution in [0.3, 0.4) is 0 Å². The van der Waals surface area contributed by atoms with E-state index in [0.717, 1.165) is 19.3 Å². The summed E-state index contributed by atoms with van der Waals surface area (Å²) in [5, 5.41) is 20.7. The maximum Gasteiger partial charge on any atom is 0.126 e. The van der Waals surface area contributed by atoms with Crippen LogP contribution in [0.15, 0.2) is 24.3 Å². The molecule has 1 fully saturated rings. The number of halogens is 1. The summed E-state index contributed by atoms with van der Waals surface area (Å²) in [6.45, 7) is 3.82. The molecule has 0 aliphatic heterocycles. The largest absolute Gasteiger partial charge is 0.388 e. The van der Waals surface area contributed by atoms with Gasteiger partial charge < -0.3 is 5.11 Å². The monoisotopic (exact) mass is 289 g/mol. The lowest BCUT2D eigenvalue weighted by Gasteiger charge is -2.45. The fourth-order valence-corrected chi connectivity index (χ4v) is 3.63. The Morgan fingerprint density at radius 2 is 2.19 bits per heavy atom.